The Morgan fingerprint density at radius 3 is 3.00 bits per heavy atom. The van der Waals surface area contributed by atoms with Crippen molar-refractivity contribution in [1.82, 2.24) is 24.8 Å². The van der Waals surface area contributed by atoms with Gasteiger partial charge >= 0.3 is 0 Å². The lowest BCUT2D eigenvalue weighted by molar-refractivity contribution is 0.424. The minimum absolute atomic E-state index is 0.506. The average Bonchev–Trinajstić information content (AvgIpc) is 3.26. The van der Waals surface area contributed by atoms with Crippen molar-refractivity contribution in [3.63, 3.8) is 0 Å². The summed E-state index contributed by atoms with van der Waals surface area (Å²) < 4.78 is 1.77. The van der Waals surface area contributed by atoms with E-state index in [0.717, 1.165) is 67.7 Å². The molecule has 1 aliphatic heterocycles. The van der Waals surface area contributed by atoms with Crippen LogP contribution in [-0.2, 0) is 12.8 Å². The zero-order valence-corrected chi connectivity index (χ0v) is 15.2. The van der Waals surface area contributed by atoms with E-state index in [1.807, 2.05) is 25.1 Å². The lowest BCUT2D eigenvalue weighted by Gasteiger charge is -2.40. The van der Waals surface area contributed by atoms with E-state index in [-0.39, 0.29) is 0 Å². The Kier molecular flexibility index (Phi) is 3.67. The number of hydrogen-bond acceptors (Lipinski definition) is 7. The van der Waals surface area contributed by atoms with Crippen LogP contribution in [0.15, 0.2) is 18.2 Å². The molecule has 0 spiro atoms. The summed E-state index contributed by atoms with van der Waals surface area (Å²) in [5.74, 6) is 2.97. The largest absolute Gasteiger partial charge is 0.369 e. The predicted molar refractivity (Wildman–Crippen MR) is 101 cm³/mol. The van der Waals surface area contributed by atoms with Crippen LogP contribution in [0.1, 0.15) is 29.1 Å². The van der Waals surface area contributed by atoms with E-state index < -0.39 is 0 Å². The number of nitriles is 1. The zero-order valence-electron chi connectivity index (χ0n) is 15.2. The third kappa shape index (κ3) is 2.76. The molecular formula is C19H20N8. The topological polar surface area (TPSA) is 95.0 Å². The number of rotatable bonds is 4. The molecule has 3 aromatic rings. The lowest BCUT2D eigenvalue weighted by Crippen LogP contribution is -2.50. The van der Waals surface area contributed by atoms with Gasteiger partial charge in [-0.05, 0) is 49.9 Å². The van der Waals surface area contributed by atoms with Gasteiger partial charge in [-0.25, -0.2) is 4.98 Å². The first-order valence-corrected chi connectivity index (χ1v) is 9.32. The van der Waals surface area contributed by atoms with E-state index in [4.69, 9.17) is 4.98 Å². The first kappa shape index (κ1) is 16.0. The second-order valence-corrected chi connectivity index (χ2v) is 7.32. The predicted octanol–water partition coefficient (Wildman–Crippen LogP) is 1.74. The van der Waals surface area contributed by atoms with Gasteiger partial charge in [0.2, 0.25) is 0 Å². The van der Waals surface area contributed by atoms with Crippen LogP contribution in [0, 0.1) is 24.2 Å². The molecule has 8 heteroatoms. The van der Waals surface area contributed by atoms with E-state index in [1.54, 1.807) is 4.52 Å². The highest BCUT2D eigenvalue weighted by Crippen LogP contribution is 2.27. The van der Waals surface area contributed by atoms with Gasteiger partial charge in [-0.3, -0.25) is 0 Å². The first-order valence-electron chi connectivity index (χ1n) is 9.32. The van der Waals surface area contributed by atoms with Crippen molar-refractivity contribution in [2.75, 3.05) is 29.9 Å². The number of fused-ring (bicyclic) bond motifs is 2. The Morgan fingerprint density at radius 1 is 1.26 bits per heavy atom. The van der Waals surface area contributed by atoms with Gasteiger partial charge in [0.05, 0.1) is 5.56 Å². The van der Waals surface area contributed by atoms with Crippen LogP contribution in [0.4, 0.5) is 11.6 Å². The molecule has 1 aliphatic carbocycles. The SMILES string of the molecule is Cc1nnc2ccc(N3CC(CNc4nc5c(cc4C#N)CCC5)C3)nn12. The monoisotopic (exact) mass is 360 g/mol. The van der Waals surface area contributed by atoms with Gasteiger partial charge in [0.25, 0.3) is 0 Å². The molecule has 0 amide bonds. The fourth-order valence-corrected chi connectivity index (χ4v) is 3.87. The number of nitrogens with zero attached hydrogens (tertiary/aromatic N) is 7. The summed E-state index contributed by atoms with van der Waals surface area (Å²) in [6.07, 6.45) is 3.19. The molecule has 4 heterocycles. The summed E-state index contributed by atoms with van der Waals surface area (Å²) >= 11 is 0. The molecule has 8 nitrogen and oxygen atoms in total. The molecule has 5 rings (SSSR count). The number of anilines is 2. The lowest BCUT2D eigenvalue weighted by atomic mass is 10.00. The number of aromatic nitrogens is 5. The van der Waals surface area contributed by atoms with Crippen molar-refractivity contribution >= 4 is 17.3 Å². The van der Waals surface area contributed by atoms with E-state index in [1.165, 1.54) is 5.56 Å². The van der Waals surface area contributed by atoms with Crippen LogP contribution in [0.5, 0.6) is 0 Å². The summed E-state index contributed by atoms with van der Waals surface area (Å²) in [7, 11) is 0. The molecule has 0 atom stereocenters. The maximum Gasteiger partial charge on any atom is 0.178 e. The van der Waals surface area contributed by atoms with Crippen molar-refractivity contribution in [3.8, 4) is 6.07 Å². The van der Waals surface area contributed by atoms with Crippen LogP contribution in [0.25, 0.3) is 5.65 Å². The molecule has 0 bridgehead atoms. The molecule has 1 saturated heterocycles. The third-order valence-corrected chi connectivity index (χ3v) is 5.42. The molecule has 0 aromatic carbocycles. The maximum absolute atomic E-state index is 9.41. The molecule has 27 heavy (non-hydrogen) atoms. The van der Waals surface area contributed by atoms with E-state index in [2.05, 4.69) is 31.6 Å². The molecule has 0 radical (unpaired) electrons. The summed E-state index contributed by atoms with van der Waals surface area (Å²) in [6.45, 7) is 4.57. The smallest absolute Gasteiger partial charge is 0.178 e. The van der Waals surface area contributed by atoms with Gasteiger partial charge < -0.3 is 10.2 Å². The molecule has 1 N–H and O–H groups in total. The van der Waals surface area contributed by atoms with Crippen molar-refractivity contribution in [2.45, 2.75) is 26.2 Å². The van der Waals surface area contributed by atoms with Crippen LogP contribution in [0.3, 0.4) is 0 Å². The van der Waals surface area contributed by atoms with Crippen LogP contribution >= 0.6 is 0 Å². The first-order chi connectivity index (χ1) is 13.2. The molecule has 1 fully saturated rings. The highest BCUT2D eigenvalue weighted by Gasteiger charge is 2.28. The quantitative estimate of drug-likeness (QED) is 0.757. The van der Waals surface area contributed by atoms with E-state index >= 15 is 0 Å². The number of hydrogen-bond donors (Lipinski definition) is 1. The van der Waals surface area contributed by atoms with Crippen molar-refractivity contribution < 1.29 is 0 Å². The molecule has 136 valence electrons. The number of pyridine rings is 1. The second kappa shape index (κ2) is 6.20. The van der Waals surface area contributed by atoms with E-state index in [9.17, 15) is 5.26 Å². The molecule has 2 aliphatic rings. The van der Waals surface area contributed by atoms with Gasteiger partial charge in [-0.2, -0.15) is 9.78 Å². The van der Waals surface area contributed by atoms with Crippen LogP contribution < -0.4 is 10.2 Å². The summed E-state index contributed by atoms with van der Waals surface area (Å²) in [4.78, 5) is 6.94. The Labute approximate surface area is 156 Å². The van der Waals surface area contributed by atoms with Gasteiger partial charge in [0, 0.05) is 31.2 Å². The Morgan fingerprint density at radius 2 is 2.15 bits per heavy atom. The van der Waals surface area contributed by atoms with Gasteiger partial charge in [0.15, 0.2) is 11.5 Å². The fourth-order valence-electron chi connectivity index (χ4n) is 3.87. The second-order valence-electron chi connectivity index (χ2n) is 7.32. The summed E-state index contributed by atoms with van der Waals surface area (Å²) in [6, 6.07) is 8.22. The van der Waals surface area contributed by atoms with Gasteiger partial charge in [-0.15, -0.1) is 15.3 Å². The summed E-state index contributed by atoms with van der Waals surface area (Å²) in [5.41, 5.74) is 3.80. The Hall–Kier alpha value is -3.21. The average molecular weight is 360 g/mol. The normalized spacial score (nSPS) is 16.2. The highest BCUT2D eigenvalue weighted by atomic mass is 15.4. The Bertz CT molecular complexity index is 1060. The standard InChI is InChI=1S/C19H20N8/c1-12-23-24-17-5-6-18(25-27(12)17)26-10-13(11-26)9-21-19-15(8-20)7-14-3-2-4-16(14)22-19/h5-7,13H,2-4,9-11H2,1H3,(H,21,22). The molecule has 0 unspecified atom stereocenters. The van der Waals surface area contributed by atoms with Crippen molar-refractivity contribution in [2.24, 2.45) is 5.92 Å². The number of nitrogens with one attached hydrogen (secondary N) is 1. The van der Waals surface area contributed by atoms with Gasteiger partial charge in [-0.1, -0.05) is 0 Å². The highest BCUT2D eigenvalue weighted by molar-refractivity contribution is 5.55. The van der Waals surface area contributed by atoms with Crippen LogP contribution in [-0.4, -0.2) is 44.4 Å². The van der Waals surface area contributed by atoms with Crippen molar-refractivity contribution in [1.29, 1.82) is 5.26 Å². The van der Waals surface area contributed by atoms with Gasteiger partial charge in [0.1, 0.15) is 17.7 Å². The molecular weight excluding hydrogens is 340 g/mol. The van der Waals surface area contributed by atoms with Crippen LogP contribution in [0.2, 0.25) is 0 Å². The minimum atomic E-state index is 0.506. The van der Waals surface area contributed by atoms with E-state index in [0.29, 0.717) is 11.5 Å². The minimum Gasteiger partial charge on any atom is -0.369 e. The zero-order chi connectivity index (χ0) is 18.4. The maximum atomic E-state index is 9.41. The Balaban J connectivity index is 1.23. The molecule has 0 saturated carbocycles. The number of aryl methyl sites for hydroxylation is 3. The molecule has 3 aromatic heterocycles. The third-order valence-electron chi connectivity index (χ3n) is 5.42. The van der Waals surface area contributed by atoms with Crippen molar-refractivity contribution in [3.05, 3.63) is 40.8 Å². The fraction of sp³-hybridized carbons (Fsp3) is 0.421. The summed E-state index contributed by atoms with van der Waals surface area (Å²) in [5, 5.41) is 25.5.